The zero-order valence-electron chi connectivity index (χ0n) is 27.1. The highest BCUT2D eigenvalue weighted by Gasteiger charge is 2.45. The third kappa shape index (κ3) is 12.7. The molecule has 14 heteroatoms. The number of imide groups is 2. The topological polar surface area (TPSA) is 160 Å². The maximum Gasteiger partial charge on any atom is 0.264 e. The minimum absolute atomic E-state index is 0.0714. The Morgan fingerprint density at radius 3 is 1.80 bits per heavy atom. The standard InChI is InChI=1S/C32H49N3O11/c1-3-24(2)23-46-22-21-45-20-19-44-18-17-43-16-15-42-14-13-41-12-11-40-10-9-33-26-6-4-5-25-29(26)32(39)35(31(25)38)27-7-8-28(36)34-30(27)37/h4-6,24,27,33H,3,7-23H2,1-2H3,(H,34,36,37). The average molecular weight is 652 g/mol. The van der Waals surface area contributed by atoms with Crippen LogP contribution in [-0.4, -0.2) is 134 Å². The molecule has 2 unspecified atom stereocenters. The van der Waals surface area contributed by atoms with Gasteiger partial charge in [-0.2, -0.15) is 0 Å². The Kier molecular flexibility index (Phi) is 17.7. The van der Waals surface area contributed by atoms with Crippen LogP contribution in [0.3, 0.4) is 0 Å². The maximum absolute atomic E-state index is 13.1. The number of amides is 4. The quantitative estimate of drug-likeness (QED) is 0.110. The Morgan fingerprint density at radius 1 is 0.761 bits per heavy atom. The molecule has 1 fully saturated rings. The highest BCUT2D eigenvalue weighted by Crippen LogP contribution is 2.32. The first-order chi connectivity index (χ1) is 22.4. The predicted molar refractivity (Wildman–Crippen MR) is 167 cm³/mol. The molecule has 1 aromatic rings. The van der Waals surface area contributed by atoms with Crippen LogP contribution in [0.25, 0.3) is 0 Å². The summed E-state index contributed by atoms with van der Waals surface area (Å²) >= 11 is 0. The van der Waals surface area contributed by atoms with Crippen molar-refractivity contribution >= 4 is 29.3 Å². The van der Waals surface area contributed by atoms with Crippen molar-refractivity contribution in [2.45, 2.75) is 39.2 Å². The number of hydrogen-bond donors (Lipinski definition) is 2. The lowest BCUT2D eigenvalue weighted by Gasteiger charge is -2.27. The van der Waals surface area contributed by atoms with E-state index in [0.29, 0.717) is 104 Å². The van der Waals surface area contributed by atoms with Crippen molar-refractivity contribution in [3.8, 4) is 0 Å². The number of nitrogens with zero attached hydrogens (tertiary/aromatic N) is 1. The van der Waals surface area contributed by atoms with Crippen LogP contribution in [0.4, 0.5) is 5.69 Å². The van der Waals surface area contributed by atoms with Gasteiger partial charge in [-0.1, -0.05) is 26.3 Å². The molecule has 46 heavy (non-hydrogen) atoms. The molecule has 2 heterocycles. The van der Waals surface area contributed by atoms with Gasteiger partial charge in [0.15, 0.2) is 0 Å². The van der Waals surface area contributed by atoms with Crippen LogP contribution < -0.4 is 10.6 Å². The van der Waals surface area contributed by atoms with Gasteiger partial charge in [0.25, 0.3) is 11.8 Å². The Balaban J connectivity index is 1.11. The Bertz CT molecular complexity index is 1100. The van der Waals surface area contributed by atoms with Crippen molar-refractivity contribution in [3.63, 3.8) is 0 Å². The first-order valence-corrected chi connectivity index (χ1v) is 16.1. The van der Waals surface area contributed by atoms with Gasteiger partial charge >= 0.3 is 0 Å². The highest BCUT2D eigenvalue weighted by molar-refractivity contribution is 6.25. The van der Waals surface area contributed by atoms with Crippen molar-refractivity contribution in [1.29, 1.82) is 0 Å². The molecule has 2 aliphatic heterocycles. The van der Waals surface area contributed by atoms with E-state index in [1.165, 1.54) is 0 Å². The van der Waals surface area contributed by atoms with E-state index in [9.17, 15) is 19.2 Å². The number of fused-ring (bicyclic) bond motifs is 1. The highest BCUT2D eigenvalue weighted by atomic mass is 16.6. The lowest BCUT2D eigenvalue weighted by molar-refractivity contribution is -0.136. The summed E-state index contributed by atoms with van der Waals surface area (Å²) in [5, 5.41) is 5.33. The van der Waals surface area contributed by atoms with Crippen LogP contribution in [0.2, 0.25) is 0 Å². The van der Waals surface area contributed by atoms with Crippen LogP contribution in [-0.2, 0) is 42.7 Å². The summed E-state index contributed by atoms with van der Waals surface area (Å²) in [6.07, 6.45) is 1.30. The molecule has 258 valence electrons. The molecule has 0 radical (unpaired) electrons. The number of rotatable bonds is 26. The number of carbonyl (C=O) groups excluding carboxylic acids is 4. The van der Waals surface area contributed by atoms with E-state index in [4.69, 9.17) is 33.2 Å². The number of anilines is 1. The zero-order valence-corrected chi connectivity index (χ0v) is 27.1. The number of carbonyl (C=O) groups is 4. The molecule has 2 N–H and O–H groups in total. The second-order valence-electron chi connectivity index (χ2n) is 10.9. The van der Waals surface area contributed by atoms with Gasteiger partial charge in [0.1, 0.15) is 6.04 Å². The molecule has 0 bridgehead atoms. The molecule has 0 aromatic heterocycles. The van der Waals surface area contributed by atoms with Gasteiger partial charge in [-0.15, -0.1) is 0 Å². The smallest absolute Gasteiger partial charge is 0.264 e. The second-order valence-corrected chi connectivity index (χ2v) is 10.9. The number of piperidine rings is 1. The summed E-state index contributed by atoms with van der Waals surface area (Å²) in [5.41, 5.74) is 0.927. The molecule has 1 saturated heterocycles. The SMILES string of the molecule is CCC(C)COCCOCCOCCOCCOCCOCCOCCNc1cccc2c1C(=O)N(C1CCC(=O)NC1=O)C2=O. The van der Waals surface area contributed by atoms with Crippen LogP contribution in [0.15, 0.2) is 18.2 Å². The molecule has 4 amide bonds. The maximum atomic E-state index is 13.1. The third-order valence-electron chi connectivity index (χ3n) is 7.36. The molecule has 14 nitrogen and oxygen atoms in total. The normalized spacial score (nSPS) is 17.0. The number of nitrogens with one attached hydrogen (secondary N) is 2. The molecule has 0 saturated carbocycles. The van der Waals surface area contributed by atoms with E-state index in [1.807, 2.05) is 0 Å². The van der Waals surface area contributed by atoms with E-state index in [-0.39, 0.29) is 24.0 Å². The van der Waals surface area contributed by atoms with Gasteiger partial charge in [-0.25, -0.2) is 0 Å². The van der Waals surface area contributed by atoms with Crippen molar-refractivity contribution in [2.24, 2.45) is 5.92 Å². The van der Waals surface area contributed by atoms with Gasteiger partial charge < -0.3 is 38.5 Å². The summed E-state index contributed by atoms with van der Waals surface area (Å²) in [4.78, 5) is 50.7. The van der Waals surface area contributed by atoms with E-state index in [1.54, 1.807) is 18.2 Å². The lowest BCUT2D eigenvalue weighted by Crippen LogP contribution is -2.54. The Hall–Kier alpha value is -2.98. The molecule has 2 atom stereocenters. The van der Waals surface area contributed by atoms with Gasteiger partial charge in [-0.3, -0.25) is 29.4 Å². The molecule has 3 rings (SSSR count). The fourth-order valence-electron chi connectivity index (χ4n) is 4.64. The van der Waals surface area contributed by atoms with Crippen LogP contribution in [0.5, 0.6) is 0 Å². The van der Waals surface area contributed by atoms with E-state index < -0.39 is 29.7 Å². The zero-order chi connectivity index (χ0) is 33.0. The summed E-state index contributed by atoms with van der Waals surface area (Å²) in [7, 11) is 0. The summed E-state index contributed by atoms with van der Waals surface area (Å²) < 4.78 is 38.5. The monoisotopic (exact) mass is 651 g/mol. The predicted octanol–water partition coefficient (Wildman–Crippen LogP) is 1.66. The lowest BCUT2D eigenvalue weighted by atomic mass is 10.0. The minimum Gasteiger partial charge on any atom is -0.382 e. The fraction of sp³-hybridized carbons (Fsp3) is 0.688. The first kappa shape index (κ1) is 37.5. The fourth-order valence-corrected chi connectivity index (χ4v) is 4.64. The van der Waals surface area contributed by atoms with Gasteiger partial charge in [0.2, 0.25) is 11.8 Å². The summed E-state index contributed by atoms with van der Waals surface area (Å²) in [6, 6.07) is 3.92. The molecule has 0 spiro atoms. The summed E-state index contributed by atoms with van der Waals surface area (Å²) in [6.45, 7) is 11.7. The van der Waals surface area contributed by atoms with Gasteiger partial charge in [0.05, 0.1) is 97.0 Å². The van der Waals surface area contributed by atoms with Crippen LogP contribution in [0.1, 0.15) is 53.8 Å². The summed E-state index contributed by atoms with van der Waals surface area (Å²) in [5.74, 6) is -1.57. The van der Waals surface area contributed by atoms with Crippen molar-refractivity contribution in [2.75, 3.05) is 104 Å². The van der Waals surface area contributed by atoms with E-state index >= 15 is 0 Å². The number of benzene rings is 1. The number of ether oxygens (including phenoxy) is 7. The Morgan fingerprint density at radius 2 is 1.28 bits per heavy atom. The molecular formula is C32H49N3O11. The van der Waals surface area contributed by atoms with Crippen LogP contribution in [0, 0.1) is 5.92 Å². The van der Waals surface area contributed by atoms with E-state index in [0.717, 1.165) is 17.9 Å². The molecule has 2 aliphatic rings. The largest absolute Gasteiger partial charge is 0.382 e. The minimum atomic E-state index is -1.00. The second kappa shape index (κ2) is 21.7. The molecule has 1 aromatic carbocycles. The average Bonchev–Trinajstić information content (AvgIpc) is 3.30. The molecule has 0 aliphatic carbocycles. The number of hydrogen-bond acceptors (Lipinski definition) is 12. The third-order valence-corrected chi connectivity index (χ3v) is 7.36. The van der Waals surface area contributed by atoms with Gasteiger partial charge in [0, 0.05) is 25.3 Å². The Labute approximate surface area is 270 Å². The van der Waals surface area contributed by atoms with E-state index in [2.05, 4.69) is 24.5 Å². The van der Waals surface area contributed by atoms with Crippen molar-refractivity contribution in [3.05, 3.63) is 29.3 Å². The van der Waals surface area contributed by atoms with Gasteiger partial charge in [-0.05, 0) is 24.5 Å². The first-order valence-electron chi connectivity index (χ1n) is 16.1. The molecular weight excluding hydrogens is 602 g/mol. The van der Waals surface area contributed by atoms with Crippen LogP contribution >= 0.6 is 0 Å². The van der Waals surface area contributed by atoms with Crippen molar-refractivity contribution < 1.29 is 52.3 Å². The van der Waals surface area contributed by atoms with Crippen molar-refractivity contribution in [1.82, 2.24) is 10.2 Å².